The Kier molecular flexibility index (Phi) is 3.62. The quantitative estimate of drug-likeness (QED) is 0.812. The van der Waals surface area contributed by atoms with E-state index in [4.69, 9.17) is 0 Å². The molecule has 1 aliphatic heterocycles. The summed E-state index contributed by atoms with van der Waals surface area (Å²) in [5.41, 5.74) is 1.37. The first-order valence-electron chi connectivity index (χ1n) is 5.93. The van der Waals surface area contributed by atoms with Crippen LogP contribution in [-0.4, -0.2) is 25.7 Å². The van der Waals surface area contributed by atoms with E-state index in [1.807, 2.05) is 0 Å². The predicted molar refractivity (Wildman–Crippen MR) is 65.4 cm³/mol. The van der Waals surface area contributed by atoms with Gasteiger partial charge in [0.15, 0.2) is 0 Å². The molecule has 1 saturated heterocycles. The Morgan fingerprint density at radius 2 is 1.87 bits per heavy atom. The Morgan fingerprint density at radius 1 is 1.20 bits per heavy atom. The van der Waals surface area contributed by atoms with Gasteiger partial charge < -0.3 is 10.2 Å². The van der Waals surface area contributed by atoms with E-state index in [1.54, 1.807) is 0 Å². The van der Waals surface area contributed by atoms with Crippen LogP contribution < -0.4 is 10.2 Å². The molecule has 1 fully saturated rings. The molecule has 0 atom stereocenters. The number of nitrogens with zero attached hydrogens (tertiary/aromatic N) is 1. The molecule has 1 aromatic rings. The second kappa shape index (κ2) is 5.17. The third-order valence-electron chi connectivity index (χ3n) is 3.11. The van der Waals surface area contributed by atoms with Gasteiger partial charge in [-0.2, -0.15) is 0 Å². The first-order chi connectivity index (χ1) is 7.40. The van der Waals surface area contributed by atoms with E-state index in [9.17, 15) is 0 Å². The van der Waals surface area contributed by atoms with Crippen LogP contribution in [0, 0.1) is 0 Å². The van der Waals surface area contributed by atoms with Crippen LogP contribution in [0.2, 0.25) is 0 Å². The Labute approximate surface area is 92.3 Å². The van der Waals surface area contributed by atoms with E-state index in [-0.39, 0.29) is 0 Å². The number of benzene rings is 1. The van der Waals surface area contributed by atoms with Crippen molar-refractivity contribution in [1.29, 1.82) is 0 Å². The van der Waals surface area contributed by atoms with Crippen molar-refractivity contribution in [2.24, 2.45) is 0 Å². The first kappa shape index (κ1) is 10.5. The van der Waals surface area contributed by atoms with Gasteiger partial charge in [0.05, 0.1) is 0 Å². The van der Waals surface area contributed by atoms with E-state index in [0.29, 0.717) is 0 Å². The number of hydrogen-bond acceptors (Lipinski definition) is 2. The second-order valence-electron chi connectivity index (χ2n) is 4.15. The lowest BCUT2D eigenvalue weighted by Gasteiger charge is -2.33. The van der Waals surface area contributed by atoms with E-state index < -0.39 is 0 Å². The molecular weight excluding hydrogens is 184 g/mol. The fourth-order valence-corrected chi connectivity index (χ4v) is 2.27. The smallest absolute Gasteiger partial charge is 0.0366 e. The molecule has 0 spiro atoms. The fourth-order valence-electron chi connectivity index (χ4n) is 2.27. The molecule has 82 valence electrons. The maximum Gasteiger partial charge on any atom is 0.0366 e. The van der Waals surface area contributed by atoms with Gasteiger partial charge in [-0.25, -0.2) is 0 Å². The van der Waals surface area contributed by atoms with Gasteiger partial charge in [-0.15, -0.1) is 0 Å². The Hall–Kier alpha value is -1.02. The van der Waals surface area contributed by atoms with Crippen molar-refractivity contribution in [3.63, 3.8) is 0 Å². The topological polar surface area (TPSA) is 15.3 Å². The highest BCUT2D eigenvalue weighted by Crippen LogP contribution is 2.19. The summed E-state index contributed by atoms with van der Waals surface area (Å²) in [6.07, 6.45) is 2.53. The second-order valence-corrected chi connectivity index (χ2v) is 4.15. The molecule has 0 saturated carbocycles. The van der Waals surface area contributed by atoms with Crippen molar-refractivity contribution < 1.29 is 0 Å². The van der Waals surface area contributed by atoms with Gasteiger partial charge in [0.1, 0.15) is 0 Å². The van der Waals surface area contributed by atoms with Gasteiger partial charge in [-0.05, 0) is 31.5 Å². The van der Waals surface area contributed by atoms with E-state index >= 15 is 0 Å². The Morgan fingerprint density at radius 3 is 2.47 bits per heavy atom. The standard InChI is InChI=1S/C13H20N2/c1-2-14-12-8-10-15(11-9-12)13-6-4-3-5-7-13/h3-7,12,14H,2,8-11H2,1H3. The molecule has 1 aliphatic rings. The van der Waals surface area contributed by atoms with Crippen molar-refractivity contribution >= 4 is 5.69 Å². The highest BCUT2D eigenvalue weighted by atomic mass is 15.1. The average molecular weight is 204 g/mol. The zero-order valence-electron chi connectivity index (χ0n) is 9.45. The third kappa shape index (κ3) is 2.72. The maximum absolute atomic E-state index is 3.53. The molecule has 0 radical (unpaired) electrons. The molecule has 2 nitrogen and oxygen atoms in total. The molecule has 0 unspecified atom stereocenters. The van der Waals surface area contributed by atoms with Crippen molar-refractivity contribution in [3.8, 4) is 0 Å². The summed E-state index contributed by atoms with van der Waals surface area (Å²) in [5, 5.41) is 3.53. The highest BCUT2D eigenvalue weighted by Gasteiger charge is 2.17. The molecule has 0 bridgehead atoms. The van der Waals surface area contributed by atoms with Crippen LogP contribution >= 0.6 is 0 Å². The molecule has 1 heterocycles. The van der Waals surface area contributed by atoms with E-state index in [1.165, 1.54) is 31.6 Å². The average Bonchev–Trinajstić information content (AvgIpc) is 2.32. The molecule has 0 amide bonds. The number of hydrogen-bond donors (Lipinski definition) is 1. The van der Waals surface area contributed by atoms with Crippen LogP contribution in [0.3, 0.4) is 0 Å². The van der Waals surface area contributed by atoms with Gasteiger partial charge in [-0.3, -0.25) is 0 Å². The van der Waals surface area contributed by atoms with Crippen LogP contribution in [0.1, 0.15) is 19.8 Å². The van der Waals surface area contributed by atoms with Gasteiger partial charge >= 0.3 is 0 Å². The summed E-state index contributed by atoms with van der Waals surface area (Å²) in [6.45, 7) is 5.64. The zero-order valence-corrected chi connectivity index (χ0v) is 9.45. The molecule has 1 aromatic carbocycles. The molecule has 2 rings (SSSR count). The molecule has 15 heavy (non-hydrogen) atoms. The van der Waals surface area contributed by atoms with Crippen LogP contribution in [-0.2, 0) is 0 Å². The largest absolute Gasteiger partial charge is 0.371 e. The highest BCUT2D eigenvalue weighted by molar-refractivity contribution is 5.46. The SMILES string of the molecule is CCNC1CCN(c2ccccc2)CC1. The minimum atomic E-state index is 0.731. The van der Waals surface area contributed by atoms with Crippen LogP contribution in [0.15, 0.2) is 30.3 Å². The third-order valence-corrected chi connectivity index (χ3v) is 3.11. The van der Waals surface area contributed by atoms with Gasteiger partial charge in [0.25, 0.3) is 0 Å². The van der Waals surface area contributed by atoms with Crippen LogP contribution in [0.5, 0.6) is 0 Å². The van der Waals surface area contributed by atoms with Crippen LogP contribution in [0.4, 0.5) is 5.69 Å². The summed E-state index contributed by atoms with van der Waals surface area (Å²) in [7, 11) is 0. The molecule has 0 aliphatic carbocycles. The lowest BCUT2D eigenvalue weighted by atomic mass is 10.0. The summed E-state index contributed by atoms with van der Waals surface area (Å²) >= 11 is 0. The summed E-state index contributed by atoms with van der Waals surface area (Å²) in [5.74, 6) is 0. The lowest BCUT2D eigenvalue weighted by Crippen LogP contribution is -2.42. The fraction of sp³-hybridized carbons (Fsp3) is 0.538. The lowest BCUT2D eigenvalue weighted by molar-refractivity contribution is 0.424. The summed E-state index contributed by atoms with van der Waals surface area (Å²) < 4.78 is 0. The monoisotopic (exact) mass is 204 g/mol. The number of piperidine rings is 1. The Bertz CT molecular complexity index is 276. The van der Waals surface area contributed by atoms with Crippen molar-refractivity contribution in [1.82, 2.24) is 5.32 Å². The molecular formula is C13H20N2. The van der Waals surface area contributed by atoms with Gasteiger partial charge in [0, 0.05) is 24.8 Å². The minimum absolute atomic E-state index is 0.731. The number of rotatable bonds is 3. The van der Waals surface area contributed by atoms with Crippen molar-refractivity contribution in [2.45, 2.75) is 25.8 Å². The number of para-hydroxylation sites is 1. The zero-order chi connectivity index (χ0) is 10.5. The van der Waals surface area contributed by atoms with Crippen molar-refractivity contribution in [3.05, 3.63) is 30.3 Å². The van der Waals surface area contributed by atoms with Crippen LogP contribution in [0.25, 0.3) is 0 Å². The first-order valence-corrected chi connectivity index (χ1v) is 5.93. The van der Waals surface area contributed by atoms with E-state index in [0.717, 1.165) is 12.6 Å². The number of anilines is 1. The molecule has 2 heteroatoms. The van der Waals surface area contributed by atoms with Gasteiger partial charge in [0.2, 0.25) is 0 Å². The number of nitrogens with one attached hydrogen (secondary N) is 1. The summed E-state index contributed by atoms with van der Waals surface area (Å²) in [4.78, 5) is 2.48. The summed E-state index contributed by atoms with van der Waals surface area (Å²) in [6, 6.07) is 11.4. The van der Waals surface area contributed by atoms with E-state index in [2.05, 4.69) is 47.5 Å². The predicted octanol–water partition coefficient (Wildman–Crippen LogP) is 2.26. The Balaban J connectivity index is 1.88. The maximum atomic E-state index is 3.53. The molecule has 1 N–H and O–H groups in total. The van der Waals surface area contributed by atoms with Crippen molar-refractivity contribution in [2.75, 3.05) is 24.5 Å². The minimum Gasteiger partial charge on any atom is -0.371 e. The van der Waals surface area contributed by atoms with Gasteiger partial charge in [-0.1, -0.05) is 25.1 Å². The normalized spacial score (nSPS) is 18.1. The molecule has 0 aromatic heterocycles.